The molecule has 0 aliphatic heterocycles. The van der Waals surface area contributed by atoms with Crippen LogP contribution in [0.4, 0.5) is 0 Å². The molecule has 0 atom stereocenters. The highest BCUT2D eigenvalue weighted by Gasteiger charge is 2.03. The van der Waals surface area contributed by atoms with E-state index < -0.39 is 0 Å². The Hall–Kier alpha value is -1.66. The summed E-state index contributed by atoms with van der Waals surface area (Å²) >= 11 is 0. The summed E-state index contributed by atoms with van der Waals surface area (Å²) in [7, 11) is 3.64. The van der Waals surface area contributed by atoms with Gasteiger partial charge in [-0.05, 0) is 6.07 Å². The first-order valence-electron chi connectivity index (χ1n) is 6.47. The molecule has 0 fully saturated rings. The Morgan fingerprint density at radius 2 is 2.32 bits per heavy atom. The van der Waals surface area contributed by atoms with Crippen LogP contribution < -0.4 is 5.32 Å². The zero-order valence-corrected chi connectivity index (χ0v) is 11.5. The Morgan fingerprint density at radius 3 is 3.05 bits per heavy atom. The fourth-order valence-corrected chi connectivity index (χ4v) is 1.92. The number of aryl methyl sites for hydroxylation is 3. The SMILES string of the molecule is COCCNCc1cncn1CCc1ccn(C)n1. The first-order chi connectivity index (χ1) is 9.29. The van der Waals surface area contributed by atoms with E-state index in [9.17, 15) is 0 Å². The van der Waals surface area contributed by atoms with Crippen molar-refractivity contribution in [3.8, 4) is 0 Å². The zero-order chi connectivity index (χ0) is 13.5. The van der Waals surface area contributed by atoms with Crippen molar-refractivity contribution in [2.24, 2.45) is 7.05 Å². The zero-order valence-electron chi connectivity index (χ0n) is 11.5. The molecule has 2 aromatic rings. The third-order valence-corrected chi connectivity index (χ3v) is 2.97. The lowest BCUT2D eigenvalue weighted by Crippen LogP contribution is -2.20. The smallest absolute Gasteiger partial charge is 0.0948 e. The molecule has 0 bridgehead atoms. The number of rotatable bonds is 8. The van der Waals surface area contributed by atoms with Crippen LogP contribution in [0, 0.1) is 0 Å². The van der Waals surface area contributed by atoms with Crippen LogP contribution in [-0.2, 0) is 31.3 Å². The van der Waals surface area contributed by atoms with Gasteiger partial charge in [-0.2, -0.15) is 5.10 Å². The number of hydrogen-bond acceptors (Lipinski definition) is 4. The van der Waals surface area contributed by atoms with Crippen molar-refractivity contribution in [2.75, 3.05) is 20.3 Å². The summed E-state index contributed by atoms with van der Waals surface area (Å²) in [5.74, 6) is 0. The molecule has 0 saturated heterocycles. The molecule has 0 aliphatic rings. The quantitative estimate of drug-likeness (QED) is 0.708. The highest BCUT2D eigenvalue weighted by Crippen LogP contribution is 2.03. The maximum Gasteiger partial charge on any atom is 0.0948 e. The van der Waals surface area contributed by atoms with Gasteiger partial charge in [-0.25, -0.2) is 4.98 Å². The Labute approximate surface area is 113 Å². The number of ether oxygens (including phenoxy) is 1. The van der Waals surface area contributed by atoms with Crippen LogP contribution in [0.1, 0.15) is 11.4 Å². The van der Waals surface area contributed by atoms with Gasteiger partial charge in [0.05, 0.1) is 24.3 Å². The molecule has 0 aliphatic carbocycles. The summed E-state index contributed by atoms with van der Waals surface area (Å²) in [5.41, 5.74) is 2.29. The summed E-state index contributed by atoms with van der Waals surface area (Å²) in [6.45, 7) is 3.29. The number of aromatic nitrogens is 4. The van der Waals surface area contributed by atoms with Crippen molar-refractivity contribution in [3.63, 3.8) is 0 Å². The Morgan fingerprint density at radius 1 is 1.42 bits per heavy atom. The van der Waals surface area contributed by atoms with Gasteiger partial charge < -0.3 is 14.6 Å². The van der Waals surface area contributed by atoms with Gasteiger partial charge in [0.15, 0.2) is 0 Å². The van der Waals surface area contributed by atoms with E-state index in [-0.39, 0.29) is 0 Å². The largest absolute Gasteiger partial charge is 0.383 e. The highest BCUT2D eigenvalue weighted by atomic mass is 16.5. The lowest BCUT2D eigenvalue weighted by molar-refractivity contribution is 0.199. The predicted octanol–water partition coefficient (Wildman–Crippen LogP) is 0.595. The average Bonchev–Trinajstić information content (AvgIpc) is 3.01. The predicted molar refractivity (Wildman–Crippen MR) is 72.7 cm³/mol. The van der Waals surface area contributed by atoms with Crippen LogP contribution in [0.15, 0.2) is 24.8 Å². The van der Waals surface area contributed by atoms with E-state index in [4.69, 9.17) is 4.74 Å². The van der Waals surface area contributed by atoms with Crippen molar-refractivity contribution in [1.82, 2.24) is 24.6 Å². The van der Waals surface area contributed by atoms with Gasteiger partial charge in [0.2, 0.25) is 0 Å². The molecular weight excluding hydrogens is 242 g/mol. The lowest BCUT2D eigenvalue weighted by Gasteiger charge is -2.08. The first kappa shape index (κ1) is 13.8. The van der Waals surface area contributed by atoms with Crippen LogP contribution in [0.5, 0.6) is 0 Å². The topological polar surface area (TPSA) is 56.9 Å². The number of hydrogen-bond donors (Lipinski definition) is 1. The van der Waals surface area contributed by atoms with E-state index in [0.29, 0.717) is 0 Å². The van der Waals surface area contributed by atoms with Crippen molar-refractivity contribution in [2.45, 2.75) is 19.5 Å². The third-order valence-electron chi connectivity index (χ3n) is 2.97. The van der Waals surface area contributed by atoms with Crippen LogP contribution in [0.25, 0.3) is 0 Å². The summed E-state index contributed by atoms with van der Waals surface area (Å²) in [6, 6.07) is 2.05. The van der Waals surface area contributed by atoms with Gasteiger partial charge >= 0.3 is 0 Å². The van der Waals surface area contributed by atoms with Gasteiger partial charge in [0.1, 0.15) is 0 Å². The fourth-order valence-electron chi connectivity index (χ4n) is 1.92. The minimum atomic E-state index is 0.724. The number of imidazole rings is 1. The van der Waals surface area contributed by atoms with Crippen LogP contribution in [0.2, 0.25) is 0 Å². The van der Waals surface area contributed by atoms with Crippen LogP contribution >= 0.6 is 0 Å². The minimum absolute atomic E-state index is 0.724. The van der Waals surface area contributed by atoms with Crippen molar-refractivity contribution < 1.29 is 4.74 Å². The standard InChI is InChI=1S/C13H21N5O/c1-17-6-3-12(16-17)4-7-18-11-15-10-13(18)9-14-5-8-19-2/h3,6,10-11,14H,4-5,7-9H2,1-2H3. The normalized spacial score (nSPS) is 11.1. The van der Waals surface area contributed by atoms with Crippen LogP contribution in [0.3, 0.4) is 0 Å². The summed E-state index contributed by atoms with van der Waals surface area (Å²) in [6.07, 6.45) is 6.66. The molecule has 1 N–H and O–H groups in total. The molecule has 19 heavy (non-hydrogen) atoms. The van der Waals surface area contributed by atoms with E-state index in [1.807, 2.05) is 36.5 Å². The van der Waals surface area contributed by atoms with E-state index in [2.05, 4.69) is 20.0 Å². The van der Waals surface area contributed by atoms with Gasteiger partial charge in [-0.3, -0.25) is 4.68 Å². The Balaban J connectivity index is 1.81. The Bertz CT molecular complexity index is 491. The third kappa shape index (κ3) is 4.18. The molecule has 2 heterocycles. The summed E-state index contributed by atoms with van der Waals surface area (Å²) in [5, 5.41) is 7.70. The van der Waals surface area contributed by atoms with Crippen molar-refractivity contribution in [1.29, 1.82) is 0 Å². The maximum absolute atomic E-state index is 5.00. The number of methoxy groups -OCH3 is 1. The molecule has 0 radical (unpaired) electrons. The average molecular weight is 263 g/mol. The second kappa shape index (κ2) is 7.06. The maximum atomic E-state index is 5.00. The highest BCUT2D eigenvalue weighted by molar-refractivity contribution is 5.02. The summed E-state index contributed by atoms with van der Waals surface area (Å²) < 4.78 is 8.99. The molecule has 2 aromatic heterocycles. The van der Waals surface area contributed by atoms with Gasteiger partial charge in [-0.15, -0.1) is 0 Å². The molecule has 6 heteroatoms. The molecule has 2 rings (SSSR count). The molecule has 0 spiro atoms. The Kier molecular flexibility index (Phi) is 5.11. The monoisotopic (exact) mass is 263 g/mol. The molecular formula is C13H21N5O. The first-order valence-corrected chi connectivity index (χ1v) is 6.47. The van der Waals surface area contributed by atoms with Crippen molar-refractivity contribution in [3.05, 3.63) is 36.2 Å². The lowest BCUT2D eigenvalue weighted by atomic mass is 10.3. The minimum Gasteiger partial charge on any atom is -0.383 e. The van der Waals surface area contributed by atoms with E-state index in [0.717, 1.165) is 38.4 Å². The van der Waals surface area contributed by atoms with Crippen LogP contribution in [-0.4, -0.2) is 39.6 Å². The van der Waals surface area contributed by atoms with E-state index >= 15 is 0 Å². The molecule has 6 nitrogen and oxygen atoms in total. The molecule has 0 amide bonds. The van der Waals surface area contributed by atoms with Gasteiger partial charge in [0, 0.05) is 52.6 Å². The number of nitrogens with one attached hydrogen (secondary N) is 1. The fraction of sp³-hybridized carbons (Fsp3) is 0.538. The van der Waals surface area contributed by atoms with Gasteiger partial charge in [0.25, 0.3) is 0 Å². The summed E-state index contributed by atoms with van der Waals surface area (Å²) in [4.78, 5) is 4.20. The second-order valence-electron chi connectivity index (χ2n) is 4.48. The second-order valence-corrected chi connectivity index (χ2v) is 4.48. The molecule has 0 aromatic carbocycles. The molecule has 0 saturated carbocycles. The molecule has 104 valence electrons. The van der Waals surface area contributed by atoms with Crippen molar-refractivity contribution >= 4 is 0 Å². The number of nitrogens with zero attached hydrogens (tertiary/aromatic N) is 4. The van der Waals surface area contributed by atoms with Gasteiger partial charge in [-0.1, -0.05) is 0 Å². The van der Waals surface area contributed by atoms with E-state index in [1.165, 1.54) is 5.69 Å². The molecule has 0 unspecified atom stereocenters. The van der Waals surface area contributed by atoms with E-state index in [1.54, 1.807) is 7.11 Å².